The third-order valence-electron chi connectivity index (χ3n) is 9.47. The Hall–Kier alpha value is -7.80. The fraction of sp³-hybridized carbons (Fsp3) is 0.0476. The molecule has 4 aromatic carbocycles. The Morgan fingerprint density at radius 3 is 1.82 bits per heavy atom. The number of nitrogens with two attached hydrogens (primary N) is 1. The first kappa shape index (κ1) is 34.3. The molecule has 1 aliphatic heterocycles. The molecule has 0 spiro atoms. The zero-order valence-corrected chi connectivity index (χ0v) is 28.7. The van der Waals surface area contributed by atoms with E-state index in [9.17, 15) is 34.5 Å². The molecule has 270 valence electrons. The highest BCUT2D eigenvalue weighted by Gasteiger charge is 2.26. The number of pyridine rings is 2. The Morgan fingerprint density at radius 2 is 1.22 bits per heavy atom. The SMILES string of the molecule is Nc1ccc2c(-c3ccccc3C(=O)O)c3ccc(=O)c(CNc4cccc5ccc(C(=O)O)nc45)c-3oc2c1CNc1cccc2ccc(C(=O)O)nc12. The average Bonchev–Trinajstić information content (AvgIpc) is 3.18. The molecule has 0 saturated heterocycles. The zero-order chi connectivity index (χ0) is 38.4. The van der Waals surface area contributed by atoms with Gasteiger partial charge in [0.15, 0.2) is 5.43 Å². The Bertz CT molecular complexity index is 2920. The molecule has 0 saturated carbocycles. The van der Waals surface area contributed by atoms with Gasteiger partial charge in [-0.15, -0.1) is 0 Å². The summed E-state index contributed by atoms with van der Waals surface area (Å²) in [5.41, 5.74) is 10.6. The number of carbonyl (C=O) groups is 3. The van der Waals surface area contributed by atoms with E-state index in [1.165, 1.54) is 24.3 Å². The minimum absolute atomic E-state index is 0.0332. The number of nitrogen functional groups attached to an aromatic ring is 1. The van der Waals surface area contributed by atoms with Crippen molar-refractivity contribution in [1.82, 2.24) is 9.97 Å². The Balaban J connectivity index is 1.31. The minimum atomic E-state index is -1.18. The largest absolute Gasteiger partial charge is 0.478 e. The second kappa shape index (κ2) is 13.6. The van der Waals surface area contributed by atoms with Crippen molar-refractivity contribution in [3.8, 4) is 22.5 Å². The van der Waals surface area contributed by atoms with Gasteiger partial charge in [-0.25, -0.2) is 24.4 Å². The van der Waals surface area contributed by atoms with Crippen molar-refractivity contribution < 1.29 is 34.1 Å². The summed E-state index contributed by atoms with van der Waals surface area (Å²) >= 11 is 0. The molecule has 13 heteroatoms. The van der Waals surface area contributed by atoms with Gasteiger partial charge in [-0.3, -0.25) is 4.79 Å². The molecule has 13 nitrogen and oxygen atoms in total. The van der Waals surface area contributed by atoms with Crippen LogP contribution < -0.4 is 21.8 Å². The molecule has 0 unspecified atom stereocenters. The van der Waals surface area contributed by atoms with E-state index in [4.69, 9.17) is 10.2 Å². The summed E-state index contributed by atoms with van der Waals surface area (Å²) in [6.45, 7) is 0.0152. The van der Waals surface area contributed by atoms with E-state index >= 15 is 0 Å². The molecule has 6 aromatic rings. The number of carboxylic acids is 3. The van der Waals surface area contributed by atoms with Crippen molar-refractivity contribution in [3.05, 3.63) is 147 Å². The highest BCUT2D eigenvalue weighted by Crippen LogP contribution is 2.44. The third kappa shape index (κ3) is 6.14. The maximum Gasteiger partial charge on any atom is 0.354 e. The summed E-state index contributed by atoms with van der Waals surface area (Å²) < 4.78 is 6.69. The molecule has 0 amide bonds. The van der Waals surface area contributed by atoms with Gasteiger partial charge in [0.2, 0.25) is 0 Å². The van der Waals surface area contributed by atoms with Gasteiger partial charge in [-0.05, 0) is 60.2 Å². The van der Waals surface area contributed by atoms with E-state index in [-0.39, 0.29) is 46.8 Å². The maximum absolute atomic E-state index is 13.7. The highest BCUT2D eigenvalue weighted by molar-refractivity contribution is 6.09. The van der Waals surface area contributed by atoms with E-state index in [0.717, 1.165) is 0 Å². The molecule has 0 fully saturated rings. The summed E-state index contributed by atoms with van der Waals surface area (Å²) in [5.74, 6) is -3.31. The fourth-order valence-corrected chi connectivity index (χ4v) is 6.84. The molecule has 0 radical (unpaired) electrons. The lowest BCUT2D eigenvalue weighted by molar-refractivity contribution is 0.0680. The quantitative estimate of drug-likeness (QED) is 0.0592. The van der Waals surface area contributed by atoms with Crippen LogP contribution in [0.3, 0.4) is 0 Å². The number of fused-ring (bicyclic) bond motifs is 4. The normalized spacial score (nSPS) is 11.3. The van der Waals surface area contributed by atoms with Gasteiger partial charge < -0.3 is 36.1 Å². The number of carboxylic acid groups (broad SMARTS) is 3. The molecule has 0 atom stereocenters. The molecule has 3 heterocycles. The first-order valence-electron chi connectivity index (χ1n) is 17.0. The first-order chi connectivity index (χ1) is 26.6. The van der Waals surface area contributed by atoms with Gasteiger partial charge in [0, 0.05) is 51.6 Å². The Kier molecular flexibility index (Phi) is 8.50. The number of benzene rings is 5. The minimum Gasteiger partial charge on any atom is -0.478 e. The lowest BCUT2D eigenvalue weighted by Crippen LogP contribution is -2.15. The van der Waals surface area contributed by atoms with Gasteiger partial charge in [-0.2, -0.15) is 0 Å². The van der Waals surface area contributed by atoms with Crippen molar-refractivity contribution in [2.75, 3.05) is 16.4 Å². The van der Waals surface area contributed by atoms with Crippen LogP contribution in [-0.2, 0) is 13.1 Å². The molecule has 0 bridgehead atoms. The summed E-state index contributed by atoms with van der Waals surface area (Å²) in [7, 11) is 0. The number of aromatic carboxylic acids is 3. The average molecular weight is 732 g/mol. The Morgan fingerprint density at radius 1 is 0.618 bits per heavy atom. The highest BCUT2D eigenvalue weighted by atomic mass is 16.4. The molecule has 8 rings (SSSR count). The molecular weight excluding hydrogens is 702 g/mol. The second-order valence-corrected chi connectivity index (χ2v) is 12.7. The van der Waals surface area contributed by atoms with Gasteiger partial charge in [0.1, 0.15) is 22.7 Å². The van der Waals surface area contributed by atoms with Gasteiger partial charge in [0.05, 0.1) is 33.5 Å². The van der Waals surface area contributed by atoms with Crippen LogP contribution in [0.4, 0.5) is 17.1 Å². The summed E-state index contributed by atoms with van der Waals surface area (Å²) in [4.78, 5) is 58.4. The van der Waals surface area contributed by atoms with E-state index in [1.807, 2.05) is 6.07 Å². The van der Waals surface area contributed by atoms with Crippen LogP contribution in [0.5, 0.6) is 0 Å². The van der Waals surface area contributed by atoms with E-state index in [2.05, 4.69) is 20.6 Å². The van der Waals surface area contributed by atoms with Crippen LogP contribution in [0.25, 0.3) is 55.2 Å². The summed E-state index contributed by atoms with van der Waals surface area (Å²) in [6.07, 6.45) is 0. The molecular formula is C42H29N5O8. The Labute approximate surface area is 310 Å². The van der Waals surface area contributed by atoms with E-state index < -0.39 is 17.9 Å². The van der Waals surface area contributed by atoms with Crippen molar-refractivity contribution in [3.63, 3.8) is 0 Å². The molecule has 2 aromatic heterocycles. The summed E-state index contributed by atoms with van der Waals surface area (Å²) in [6, 6.07) is 29.8. The maximum atomic E-state index is 13.7. The summed E-state index contributed by atoms with van der Waals surface area (Å²) in [5, 5.41) is 37.9. The van der Waals surface area contributed by atoms with Crippen LogP contribution in [0, 0.1) is 0 Å². The van der Waals surface area contributed by atoms with Crippen molar-refractivity contribution >= 4 is 67.7 Å². The molecule has 7 N–H and O–H groups in total. The van der Waals surface area contributed by atoms with E-state index in [1.54, 1.807) is 78.9 Å². The lowest BCUT2D eigenvalue weighted by Gasteiger charge is -2.21. The van der Waals surface area contributed by atoms with Crippen LogP contribution >= 0.6 is 0 Å². The monoisotopic (exact) mass is 731 g/mol. The number of anilines is 3. The first-order valence-corrected chi connectivity index (χ1v) is 17.0. The lowest BCUT2D eigenvalue weighted by atomic mass is 9.88. The second-order valence-electron chi connectivity index (χ2n) is 12.7. The van der Waals surface area contributed by atoms with Crippen LogP contribution in [0.1, 0.15) is 42.5 Å². The van der Waals surface area contributed by atoms with Crippen molar-refractivity contribution in [2.24, 2.45) is 0 Å². The number of hydrogen-bond acceptors (Lipinski definition) is 10. The number of para-hydroxylation sites is 2. The van der Waals surface area contributed by atoms with Gasteiger partial charge in [0.25, 0.3) is 0 Å². The van der Waals surface area contributed by atoms with Crippen molar-refractivity contribution in [2.45, 2.75) is 13.1 Å². The van der Waals surface area contributed by atoms with Crippen LogP contribution in [0.2, 0.25) is 0 Å². The number of rotatable bonds is 10. The zero-order valence-electron chi connectivity index (χ0n) is 28.7. The topological polar surface area (TPSA) is 218 Å². The number of nitrogens with zero attached hydrogens (tertiary/aromatic N) is 2. The standard InChI is InChI=1S/C42H29N5O8/c43-29-15-13-25-35(23-7-1-2-8-24(23)40(49)50)26-14-18-34(48)28(20-45-31-10-4-6-22-12-17-33(42(53)54)47-37(22)31)39(26)55-38(25)27(29)19-44-30-9-3-5-21-11-16-32(41(51)52)46-36(21)30/h1-18,44-45H,19-20,43H2,(H,49,50)(H,51,52)(H,53,54). The van der Waals surface area contributed by atoms with Crippen molar-refractivity contribution in [1.29, 1.82) is 0 Å². The predicted octanol–water partition coefficient (Wildman–Crippen LogP) is 7.56. The smallest absolute Gasteiger partial charge is 0.354 e. The molecule has 1 aliphatic carbocycles. The molecule has 2 aliphatic rings. The van der Waals surface area contributed by atoms with Gasteiger partial charge >= 0.3 is 17.9 Å². The fourth-order valence-electron chi connectivity index (χ4n) is 6.84. The van der Waals surface area contributed by atoms with E-state index in [0.29, 0.717) is 72.1 Å². The number of nitrogens with one attached hydrogen (secondary N) is 2. The number of aromatic nitrogens is 2. The third-order valence-corrected chi connectivity index (χ3v) is 9.47. The number of hydrogen-bond donors (Lipinski definition) is 6. The molecule has 55 heavy (non-hydrogen) atoms. The van der Waals surface area contributed by atoms with Crippen LogP contribution in [-0.4, -0.2) is 43.2 Å². The van der Waals surface area contributed by atoms with Gasteiger partial charge in [-0.1, -0.05) is 54.6 Å². The predicted molar refractivity (Wildman–Crippen MR) is 208 cm³/mol. The van der Waals surface area contributed by atoms with Crippen LogP contribution in [0.15, 0.2) is 118 Å².